The predicted molar refractivity (Wildman–Crippen MR) is 106 cm³/mol. The SMILES string of the molecule is CC(C)(CC(O)(C(=O)Nc1ccc2c(c1)COC2=O)C(F)(F)F)c1cc(Cl)ccc1O. The molecule has 1 heterocycles. The topological polar surface area (TPSA) is 95.9 Å². The van der Waals surface area contributed by atoms with Gasteiger partial charge in [0.15, 0.2) is 0 Å². The standard InChI is InChI=1S/C21H19ClF3NO5/c1-19(2,15-8-12(22)3-6-16(15)27)10-20(30,21(23,24)25)18(29)26-13-4-5-14-11(7-13)9-31-17(14)28/h3-8,27,30H,9-10H2,1-2H3,(H,26,29). The van der Waals surface area contributed by atoms with E-state index in [0.717, 1.165) is 0 Å². The molecule has 0 fully saturated rings. The zero-order valence-electron chi connectivity index (χ0n) is 16.5. The highest BCUT2D eigenvalue weighted by Crippen LogP contribution is 2.44. The van der Waals surface area contributed by atoms with E-state index in [1.807, 2.05) is 0 Å². The van der Waals surface area contributed by atoms with Crippen LogP contribution in [0.1, 0.15) is 41.8 Å². The highest BCUT2D eigenvalue weighted by atomic mass is 35.5. The number of nitrogens with one attached hydrogen (secondary N) is 1. The number of esters is 1. The number of amides is 1. The van der Waals surface area contributed by atoms with Gasteiger partial charge in [-0.1, -0.05) is 25.4 Å². The summed E-state index contributed by atoms with van der Waals surface area (Å²) in [7, 11) is 0. The van der Waals surface area contributed by atoms with Gasteiger partial charge in [-0.25, -0.2) is 4.79 Å². The molecule has 3 rings (SSSR count). The van der Waals surface area contributed by atoms with Crippen molar-refractivity contribution in [1.29, 1.82) is 0 Å². The van der Waals surface area contributed by atoms with E-state index in [1.165, 1.54) is 50.2 Å². The Hall–Kier alpha value is -2.78. The number of phenols is 1. The predicted octanol–water partition coefficient (Wildman–Crippen LogP) is 4.32. The maximum Gasteiger partial charge on any atom is 0.426 e. The number of halogens is 4. The van der Waals surface area contributed by atoms with Crippen LogP contribution in [-0.2, 0) is 21.6 Å². The maximum atomic E-state index is 13.9. The minimum atomic E-state index is -5.32. The third kappa shape index (κ3) is 4.33. The van der Waals surface area contributed by atoms with E-state index in [0.29, 0.717) is 5.56 Å². The number of carbonyl (C=O) groups excluding carboxylic acids is 2. The van der Waals surface area contributed by atoms with Crippen molar-refractivity contribution in [3.63, 3.8) is 0 Å². The molecule has 0 saturated carbocycles. The molecule has 0 aromatic heterocycles. The van der Waals surface area contributed by atoms with Crippen LogP contribution in [0.3, 0.4) is 0 Å². The van der Waals surface area contributed by atoms with E-state index in [1.54, 1.807) is 0 Å². The van der Waals surface area contributed by atoms with Crippen molar-refractivity contribution in [2.24, 2.45) is 0 Å². The molecule has 6 nitrogen and oxygen atoms in total. The third-order valence-corrected chi connectivity index (χ3v) is 5.41. The van der Waals surface area contributed by atoms with Crippen molar-refractivity contribution in [3.05, 3.63) is 58.1 Å². The number of phenolic OH excluding ortho intramolecular Hbond substituents is 1. The molecular formula is C21H19ClF3NO5. The molecule has 31 heavy (non-hydrogen) atoms. The van der Waals surface area contributed by atoms with Crippen LogP contribution < -0.4 is 5.32 Å². The van der Waals surface area contributed by atoms with Gasteiger partial charge in [0, 0.05) is 28.3 Å². The minimum Gasteiger partial charge on any atom is -0.508 e. The van der Waals surface area contributed by atoms with Crippen molar-refractivity contribution in [2.45, 2.75) is 44.1 Å². The molecule has 0 spiro atoms. The number of hydrogen-bond donors (Lipinski definition) is 3. The van der Waals surface area contributed by atoms with Gasteiger partial charge in [0.1, 0.15) is 12.4 Å². The Morgan fingerprint density at radius 3 is 2.52 bits per heavy atom. The molecule has 1 amide bonds. The van der Waals surface area contributed by atoms with Crippen molar-refractivity contribution >= 4 is 29.2 Å². The number of carbonyl (C=O) groups is 2. The van der Waals surface area contributed by atoms with Gasteiger partial charge in [0.2, 0.25) is 5.60 Å². The van der Waals surface area contributed by atoms with Crippen molar-refractivity contribution < 1.29 is 37.7 Å². The summed E-state index contributed by atoms with van der Waals surface area (Å²) < 4.78 is 46.5. The first-order chi connectivity index (χ1) is 14.2. The normalized spacial score (nSPS) is 15.8. The van der Waals surface area contributed by atoms with Crippen LogP contribution in [0.2, 0.25) is 5.02 Å². The third-order valence-electron chi connectivity index (χ3n) is 5.17. The Morgan fingerprint density at radius 2 is 1.87 bits per heavy atom. The number of aliphatic hydroxyl groups is 1. The lowest BCUT2D eigenvalue weighted by Gasteiger charge is -2.37. The quantitative estimate of drug-likeness (QED) is 0.581. The smallest absolute Gasteiger partial charge is 0.426 e. The fourth-order valence-corrected chi connectivity index (χ4v) is 3.71. The molecule has 0 radical (unpaired) electrons. The Morgan fingerprint density at radius 1 is 1.19 bits per heavy atom. The number of alkyl halides is 3. The summed E-state index contributed by atoms with van der Waals surface area (Å²) in [6, 6.07) is 7.74. The molecule has 166 valence electrons. The van der Waals surface area contributed by atoms with Gasteiger partial charge in [0.05, 0.1) is 5.56 Å². The number of cyclic esters (lactones) is 1. The van der Waals surface area contributed by atoms with Crippen LogP contribution in [0.15, 0.2) is 36.4 Å². The first-order valence-electron chi connectivity index (χ1n) is 9.14. The van der Waals surface area contributed by atoms with E-state index in [-0.39, 0.29) is 34.2 Å². The number of anilines is 1. The van der Waals surface area contributed by atoms with Crippen molar-refractivity contribution in [1.82, 2.24) is 0 Å². The lowest BCUT2D eigenvalue weighted by molar-refractivity contribution is -0.254. The molecule has 1 atom stereocenters. The van der Waals surface area contributed by atoms with Gasteiger partial charge in [-0.3, -0.25) is 4.79 Å². The van der Waals surface area contributed by atoms with Crippen LogP contribution in [0.25, 0.3) is 0 Å². The van der Waals surface area contributed by atoms with Gasteiger partial charge in [-0.05, 0) is 41.8 Å². The Bertz CT molecular complexity index is 1050. The highest BCUT2D eigenvalue weighted by molar-refractivity contribution is 6.30. The van der Waals surface area contributed by atoms with Crippen LogP contribution in [0.5, 0.6) is 5.75 Å². The fraction of sp³-hybridized carbons (Fsp3) is 0.333. The number of aromatic hydroxyl groups is 1. The number of fused-ring (bicyclic) bond motifs is 1. The minimum absolute atomic E-state index is 0.0341. The largest absolute Gasteiger partial charge is 0.508 e. The molecule has 3 N–H and O–H groups in total. The van der Waals surface area contributed by atoms with E-state index in [4.69, 9.17) is 16.3 Å². The molecular weight excluding hydrogens is 439 g/mol. The Labute approximate surface area is 180 Å². The highest BCUT2D eigenvalue weighted by Gasteiger charge is 2.61. The summed E-state index contributed by atoms with van der Waals surface area (Å²) in [5.74, 6) is -2.58. The average molecular weight is 458 g/mol. The van der Waals surface area contributed by atoms with Gasteiger partial charge in [-0.2, -0.15) is 13.2 Å². The second-order valence-electron chi connectivity index (χ2n) is 7.98. The summed E-state index contributed by atoms with van der Waals surface area (Å²) in [6.45, 7) is 2.63. The molecule has 0 saturated heterocycles. The first-order valence-corrected chi connectivity index (χ1v) is 9.52. The second-order valence-corrected chi connectivity index (χ2v) is 8.42. The number of hydrogen-bond acceptors (Lipinski definition) is 5. The molecule has 10 heteroatoms. The Kier molecular flexibility index (Phi) is 5.70. The average Bonchev–Trinajstić information content (AvgIpc) is 3.02. The Balaban J connectivity index is 1.92. The summed E-state index contributed by atoms with van der Waals surface area (Å²) in [5.41, 5.74) is -4.60. The summed E-state index contributed by atoms with van der Waals surface area (Å²) in [4.78, 5) is 24.1. The van der Waals surface area contributed by atoms with Crippen molar-refractivity contribution in [2.75, 3.05) is 5.32 Å². The molecule has 2 aromatic carbocycles. The molecule has 0 bridgehead atoms. The second kappa shape index (κ2) is 7.72. The summed E-state index contributed by atoms with van der Waals surface area (Å²) in [5, 5.41) is 22.9. The van der Waals surface area contributed by atoms with Gasteiger partial charge in [-0.15, -0.1) is 0 Å². The van der Waals surface area contributed by atoms with E-state index >= 15 is 0 Å². The first kappa shape index (κ1) is 22.9. The van der Waals surface area contributed by atoms with Gasteiger partial charge >= 0.3 is 12.1 Å². The summed E-state index contributed by atoms with van der Waals surface area (Å²) in [6.07, 6.45) is -6.41. The van der Waals surface area contributed by atoms with Crippen LogP contribution in [0.4, 0.5) is 18.9 Å². The number of benzene rings is 2. The van der Waals surface area contributed by atoms with E-state index in [9.17, 15) is 33.0 Å². The lowest BCUT2D eigenvalue weighted by Crippen LogP contribution is -2.57. The monoisotopic (exact) mass is 457 g/mol. The maximum absolute atomic E-state index is 13.9. The van der Waals surface area contributed by atoms with Crippen LogP contribution >= 0.6 is 11.6 Å². The fourth-order valence-electron chi connectivity index (χ4n) is 3.54. The van der Waals surface area contributed by atoms with Gasteiger partial charge < -0.3 is 20.3 Å². The molecule has 0 aliphatic carbocycles. The van der Waals surface area contributed by atoms with Crippen molar-refractivity contribution in [3.8, 4) is 5.75 Å². The van der Waals surface area contributed by atoms with Crippen LogP contribution in [-0.4, -0.2) is 33.9 Å². The molecule has 1 unspecified atom stereocenters. The number of ether oxygens (including phenoxy) is 1. The zero-order valence-corrected chi connectivity index (χ0v) is 17.3. The molecule has 1 aliphatic rings. The van der Waals surface area contributed by atoms with Crippen LogP contribution in [0, 0.1) is 0 Å². The van der Waals surface area contributed by atoms with Gasteiger partial charge in [0.25, 0.3) is 5.91 Å². The lowest BCUT2D eigenvalue weighted by atomic mass is 9.74. The zero-order chi connectivity index (χ0) is 23.2. The summed E-state index contributed by atoms with van der Waals surface area (Å²) >= 11 is 5.90. The van der Waals surface area contributed by atoms with E-state index in [2.05, 4.69) is 5.32 Å². The molecule has 1 aliphatic heterocycles. The van der Waals surface area contributed by atoms with E-state index < -0.39 is 35.5 Å². The number of rotatable bonds is 5. The molecule has 2 aromatic rings.